The van der Waals surface area contributed by atoms with E-state index in [9.17, 15) is 9.59 Å². The normalized spacial score (nSPS) is 31.5. The lowest BCUT2D eigenvalue weighted by Gasteiger charge is -2.36. The van der Waals surface area contributed by atoms with Gasteiger partial charge in [0.05, 0.1) is 17.9 Å². The fourth-order valence-corrected chi connectivity index (χ4v) is 5.19. The number of fused-ring (bicyclic) bond motifs is 5. The number of hydrogen-bond donors (Lipinski definition) is 0. The summed E-state index contributed by atoms with van der Waals surface area (Å²) in [4.78, 5) is 34.1. The van der Waals surface area contributed by atoms with Gasteiger partial charge >= 0.3 is 0 Å². The average Bonchev–Trinajstić information content (AvgIpc) is 2.82. The minimum Gasteiger partial charge on any atom is -0.496 e. The highest BCUT2D eigenvalue weighted by Crippen LogP contribution is 2.39. The van der Waals surface area contributed by atoms with Crippen LogP contribution >= 0.6 is 0 Å². The van der Waals surface area contributed by atoms with Gasteiger partial charge in [-0.2, -0.15) is 0 Å². The molecule has 2 saturated heterocycles. The number of likely N-dealkylation sites (N-methyl/N-ethyl adjacent to an activating group) is 1. The molecule has 4 heterocycles. The maximum absolute atomic E-state index is 13.2. The molecular weight excluding hydrogens is 406 g/mol. The lowest BCUT2D eigenvalue weighted by molar-refractivity contribution is -0.131. The van der Waals surface area contributed by atoms with Crippen LogP contribution in [0.3, 0.4) is 0 Å². The Hall–Kier alpha value is -2.67. The van der Waals surface area contributed by atoms with Crippen LogP contribution in [0.25, 0.3) is 0 Å². The predicted molar refractivity (Wildman–Crippen MR) is 121 cm³/mol. The van der Waals surface area contributed by atoms with E-state index < -0.39 is 0 Å². The minimum absolute atomic E-state index is 0.0446. The van der Waals surface area contributed by atoms with Crippen LogP contribution in [0, 0.1) is 0 Å². The molecule has 3 fully saturated rings. The highest BCUT2D eigenvalue weighted by Gasteiger charge is 2.34. The van der Waals surface area contributed by atoms with E-state index in [0.717, 1.165) is 50.8 Å². The monoisotopic (exact) mass is 437 g/mol. The number of likely N-dealkylation sites (tertiary alicyclic amines) is 1. The number of amides is 2. The second kappa shape index (κ2) is 9.06. The molecule has 1 unspecified atom stereocenters. The molecule has 7 nitrogen and oxygen atoms in total. The summed E-state index contributed by atoms with van der Waals surface area (Å²) in [6, 6.07) is 7.91. The Bertz CT molecular complexity index is 948. The molecule has 5 aliphatic rings. The van der Waals surface area contributed by atoms with E-state index in [-0.39, 0.29) is 30.6 Å². The molecule has 6 rings (SSSR count). The van der Waals surface area contributed by atoms with Crippen molar-refractivity contribution >= 4 is 17.5 Å². The molecule has 170 valence electrons. The predicted octanol–water partition coefficient (Wildman–Crippen LogP) is 3.26. The van der Waals surface area contributed by atoms with Crippen LogP contribution in [-0.4, -0.2) is 66.2 Å². The molecular formula is C25H31N3O4. The summed E-state index contributed by atoms with van der Waals surface area (Å²) in [5, 5.41) is 0. The molecule has 1 aromatic carbocycles. The van der Waals surface area contributed by atoms with Gasteiger partial charge in [0.2, 0.25) is 0 Å². The van der Waals surface area contributed by atoms with Gasteiger partial charge in [0.1, 0.15) is 17.7 Å². The van der Waals surface area contributed by atoms with Crippen molar-refractivity contribution in [2.45, 2.75) is 63.0 Å². The van der Waals surface area contributed by atoms with Crippen molar-refractivity contribution in [3.05, 3.63) is 41.8 Å². The number of carbonyl (C=O) groups excluding carboxylic acids is 2. The van der Waals surface area contributed by atoms with Crippen molar-refractivity contribution in [3.63, 3.8) is 0 Å². The van der Waals surface area contributed by atoms with Gasteiger partial charge in [-0.15, -0.1) is 0 Å². The van der Waals surface area contributed by atoms with Crippen LogP contribution in [-0.2, 0) is 14.3 Å². The lowest BCUT2D eigenvalue weighted by atomic mass is 9.82. The van der Waals surface area contributed by atoms with Crippen molar-refractivity contribution < 1.29 is 19.1 Å². The Morgan fingerprint density at radius 3 is 2.66 bits per heavy atom. The topological polar surface area (TPSA) is 71.4 Å². The Labute approximate surface area is 189 Å². The van der Waals surface area contributed by atoms with Gasteiger partial charge in [-0.3, -0.25) is 14.5 Å². The number of carbonyl (C=O) groups is 2. The summed E-state index contributed by atoms with van der Waals surface area (Å²) in [6.45, 7) is 1.44. The number of nitrogens with zero attached hydrogens (tertiary/aromatic N) is 3. The van der Waals surface area contributed by atoms with E-state index in [0.29, 0.717) is 30.3 Å². The highest BCUT2D eigenvalue weighted by atomic mass is 16.5. The Morgan fingerprint density at radius 2 is 1.91 bits per heavy atom. The van der Waals surface area contributed by atoms with Gasteiger partial charge < -0.3 is 14.4 Å². The van der Waals surface area contributed by atoms with E-state index in [4.69, 9.17) is 9.47 Å². The third kappa shape index (κ3) is 4.18. The van der Waals surface area contributed by atoms with Crippen LogP contribution in [0.15, 0.2) is 41.2 Å². The van der Waals surface area contributed by atoms with Crippen LogP contribution in [0.2, 0.25) is 0 Å². The molecule has 2 bridgehead atoms. The number of benzene rings is 1. The standard InChI is InChI=1S/C25H31N3O4/c1-27-14-12-21(27)25(30)26-20-6-4-13-28-22(20)15-31-18-10-8-17(9-11-18)19-5-2-3-7-23(19)32-16-24(28)29/h2-3,5,7,15,17-18,21H,4,6,8-14,16H2,1H3/b22-15-,26-20?. The summed E-state index contributed by atoms with van der Waals surface area (Å²) in [5.41, 5.74) is 2.45. The zero-order valence-corrected chi connectivity index (χ0v) is 18.7. The smallest absolute Gasteiger partial charge is 0.265 e. The Kier molecular flexibility index (Phi) is 6.00. The van der Waals surface area contributed by atoms with Gasteiger partial charge in [-0.25, -0.2) is 4.99 Å². The SMILES string of the molecule is CN1CCC1C(=O)N=C1CCCN2C(=O)COc3ccccc3C3CCC(CC3)O/C=C/12. The van der Waals surface area contributed by atoms with Gasteiger partial charge in [0, 0.05) is 13.1 Å². The van der Waals surface area contributed by atoms with Crippen LogP contribution in [0.1, 0.15) is 56.4 Å². The molecule has 0 N–H and O–H groups in total. The highest BCUT2D eigenvalue weighted by molar-refractivity contribution is 6.09. The van der Waals surface area contributed by atoms with Crippen molar-refractivity contribution in [1.82, 2.24) is 9.80 Å². The molecule has 1 aromatic rings. The number of hydrogen-bond acceptors (Lipinski definition) is 5. The lowest BCUT2D eigenvalue weighted by Crippen LogP contribution is -2.49. The van der Waals surface area contributed by atoms with Crippen molar-refractivity contribution in [2.24, 2.45) is 4.99 Å². The second-order valence-electron chi connectivity index (χ2n) is 9.27. The average molecular weight is 438 g/mol. The molecule has 0 aromatic heterocycles. The molecule has 0 radical (unpaired) electrons. The van der Waals surface area contributed by atoms with Gasteiger partial charge in [-0.1, -0.05) is 18.2 Å². The first kappa shape index (κ1) is 21.2. The number of para-hydroxylation sites is 1. The maximum atomic E-state index is 13.2. The first-order chi connectivity index (χ1) is 15.6. The number of rotatable bonds is 1. The molecule has 1 saturated carbocycles. The fraction of sp³-hybridized carbons (Fsp3) is 0.560. The maximum Gasteiger partial charge on any atom is 0.265 e. The summed E-state index contributed by atoms with van der Waals surface area (Å²) >= 11 is 0. The quantitative estimate of drug-likeness (QED) is 0.674. The van der Waals surface area contributed by atoms with E-state index >= 15 is 0 Å². The molecule has 32 heavy (non-hydrogen) atoms. The van der Waals surface area contributed by atoms with Crippen LogP contribution in [0.4, 0.5) is 0 Å². The molecule has 1 aliphatic carbocycles. The van der Waals surface area contributed by atoms with E-state index in [1.54, 1.807) is 11.2 Å². The van der Waals surface area contributed by atoms with Gasteiger partial charge in [0.25, 0.3) is 11.8 Å². The number of allylic oxidation sites excluding steroid dienone is 1. The van der Waals surface area contributed by atoms with Gasteiger partial charge in [0.15, 0.2) is 6.61 Å². The fourth-order valence-electron chi connectivity index (χ4n) is 5.19. The summed E-state index contributed by atoms with van der Waals surface area (Å²) < 4.78 is 12.2. The third-order valence-corrected chi connectivity index (χ3v) is 7.26. The molecule has 0 spiro atoms. The Balaban J connectivity index is 1.45. The van der Waals surface area contributed by atoms with Crippen LogP contribution in [0.5, 0.6) is 5.75 Å². The summed E-state index contributed by atoms with van der Waals surface area (Å²) in [7, 11) is 1.94. The van der Waals surface area contributed by atoms with E-state index in [1.165, 1.54) is 5.56 Å². The summed E-state index contributed by atoms with van der Waals surface area (Å²) in [5.74, 6) is 0.954. The Morgan fingerprint density at radius 1 is 1.09 bits per heavy atom. The molecule has 7 heteroatoms. The molecule has 4 aliphatic heterocycles. The van der Waals surface area contributed by atoms with Crippen LogP contribution < -0.4 is 4.74 Å². The van der Waals surface area contributed by atoms with Gasteiger partial charge in [-0.05, 0) is 69.5 Å². The van der Waals surface area contributed by atoms with Crippen molar-refractivity contribution in [2.75, 3.05) is 26.7 Å². The minimum atomic E-state index is -0.153. The third-order valence-electron chi connectivity index (χ3n) is 7.26. The molecule has 2 amide bonds. The second-order valence-corrected chi connectivity index (χ2v) is 9.27. The largest absolute Gasteiger partial charge is 0.496 e. The molecule has 1 atom stereocenters. The van der Waals surface area contributed by atoms with Crippen molar-refractivity contribution in [1.29, 1.82) is 0 Å². The first-order valence-electron chi connectivity index (χ1n) is 11.8. The van der Waals surface area contributed by atoms with E-state index in [1.807, 2.05) is 30.1 Å². The number of ether oxygens (including phenoxy) is 2. The zero-order chi connectivity index (χ0) is 22.1. The number of aliphatic imine (C=N–C) groups is 1. The summed E-state index contributed by atoms with van der Waals surface area (Å²) in [6.07, 6.45) is 8.02. The first-order valence-corrected chi connectivity index (χ1v) is 11.8. The zero-order valence-electron chi connectivity index (χ0n) is 18.7. The van der Waals surface area contributed by atoms with E-state index in [2.05, 4.69) is 11.1 Å². The number of piperidine rings is 1. The van der Waals surface area contributed by atoms with Crippen molar-refractivity contribution in [3.8, 4) is 5.75 Å².